The topological polar surface area (TPSA) is 83.6 Å². The minimum atomic E-state index is -0.613. The lowest BCUT2D eigenvalue weighted by Gasteiger charge is -2.05. The summed E-state index contributed by atoms with van der Waals surface area (Å²) < 4.78 is 0. The van der Waals surface area contributed by atoms with E-state index in [-0.39, 0.29) is 5.91 Å². The van der Waals surface area contributed by atoms with Gasteiger partial charge in [0.1, 0.15) is 17.2 Å². The molecule has 2 rings (SSSR count). The Hall–Kier alpha value is -1.69. The van der Waals surface area contributed by atoms with Gasteiger partial charge in [0.25, 0.3) is 0 Å². The first kappa shape index (κ1) is 9.85. The third kappa shape index (κ3) is 1.89. The van der Waals surface area contributed by atoms with E-state index in [4.69, 9.17) is 11.6 Å². The molecule has 1 amide bonds. The zero-order valence-electron chi connectivity index (χ0n) is 7.86. The molecule has 2 N–H and O–H groups in total. The average Bonchev–Trinajstić information content (AvgIpc) is 2.66. The zero-order valence-corrected chi connectivity index (χ0v) is 8.62. The molecule has 2 aromatic rings. The van der Waals surface area contributed by atoms with Crippen LogP contribution >= 0.6 is 11.6 Å². The lowest BCUT2D eigenvalue weighted by Crippen LogP contribution is -2.21. The number of anilines is 1. The van der Waals surface area contributed by atoms with Gasteiger partial charge in [-0.1, -0.05) is 0 Å². The van der Waals surface area contributed by atoms with Gasteiger partial charge < -0.3 is 10.3 Å². The maximum Gasteiger partial charge on any atom is 0.243 e. The van der Waals surface area contributed by atoms with Crippen LogP contribution in [0.2, 0.25) is 0 Å². The first-order valence-corrected chi connectivity index (χ1v) is 4.71. The van der Waals surface area contributed by atoms with Gasteiger partial charge >= 0.3 is 0 Å². The number of nitrogens with one attached hydrogen (secondary N) is 2. The van der Waals surface area contributed by atoms with Gasteiger partial charge in [-0.2, -0.15) is 0 Å². The Bertz CT molecular complexity index is 494. The van der Waals surface area contributed by atoms with Crippen LogP contribution in [0.25, 0.3) is 11.2 Å². The second kappa shape index (κ2) is 3.82. The van der Waals surface area contributed by atoms with Crippen LogP contribution in [0, 0.1) is 0 Å². The van der Waals surface area contributed by atoms with E-state index < -0.39 is 5.38 Å². The SMILES string of the molecule is C[C@H](Cl)C(=O)Nc1ncnc2nc[nH]c12. The molecule has 1 atom stereocenters. The van der Waals surface area contributed by atoms with E-state index in [0.29, 0.717) is 17.0 Å². The number of halogens is 1. The summed E-state index contributed by atoms with van der Waals surface area (Å²) in [7, 11) is 0. The smallest absolute Gasteiger partial charge is 0.243 e. The fraction of sp³-hybridized carbons (Fsp3) is 0.250. The van der Waals surface area contributed by atoms with Crippen molar-refractivity contribution in [1.82, 2.24) is 19.9 Å². The molecule has 7 heteroatoms. The molecule has 0 aromatic carbocycles. The van der Waals surface area contributed by atoms with Crippen LogP contribution < -0.4 is 5.32 Å². The third-order valence-electron chi connectivity index (χ3n) is 1.83. The Balaban J connectivity index is 2.35. The fourth-order valence-corrected chi connectivity index (χ4v) is 1.13. The molecule has 0 spiro atoms. The van der Waals surface area contributed by atoms with Crippen molar-refractivity contribution in [3.8, 4) is 0 Å². The largest absolute Gasteiger partial charge is 0.340 e. The molecule has 0 saturated carbocycles. The van der Waals surface area contributed by atoms with Crippen LogP contribution in [0.1, 0.15) is 6.92 Å². The van der Waals surface area contributed by atoms with Crippen molar-refractivity contribution < 1.29 is 4.79 Å². The predicted molar refractivity (Wildman–Crippen MR) is 55.6 cm³/mol. The molecule has 0 aliphatic rings. The van der Waals surface area contributed by atoms with Crippen molar-refractivity contribution in [2.24, 2.45) is 0 Å². The van der Waals surface area contributed by atoms with E-state index in [0.717, 1.165) is 0 Å². The quantitative estimate of drug-likeness (QED) is 0.745. The molecular formula is C8H8ClN5O. The van der Waals surface area contributed by atoms with Gasteiger partial charge in [-0.15, -0.1) is 11.6 Å². The summed E-state index contributed by atoms with van der Waals surface area (Å²) in [4.78, 5) is 26.0. The number of alkyl halides is 1. The van der Waals surface area contributed by atoms with Gasteiger partial charge in [-0.3, -0.25) is 4.79 Å². The number of aromatic amines is 1. The van der Waals surface area contributed by atoms with E-state index in [1.165, 1.54) is 12.7 Å². The summed E-state index contributed by atoms with van der Waals surface area (Å²) in [6.45, 7) is 1.59. The van der Waals surface area contributed by atoms with Crippen LogP contribution in [0.15, 0.2) is 12.7 Å². The van der Waals surface area contributed by atoms with Crippen LogP contribution in [0.4, 0.5) is 5.82 Å². The van der Waals surface area contributed by atoms with Crippen molar-refractivity contribution in [2.45, 2.75) is 12.3 Å². The molecular weight excluding hydrogens is 218 g/mol. The third-order valence-corrected chi connectivity index (χ3v) is 2.02. The first-order valence-electron chi connectivity index (χ1n) is 4.27. The maximum atomic E-state index is 11.3. The number of carbonyl (C=O) groups is 1. The molecule has 0 bridgehead atoms. The van der Waals surface area contributed by atoms with Crippen LogP contribution in [-0.2, 0) is 4.79 Å². The number of nitrogens with zero attached hydrogens (tertiary/aromatic N) is 3. The standard InChI is InChI=1S/C8H8ClN5O/c1-4(9)8(15)14-7-5-6(11-2-10-5)12-3-13-7/h2-4H,1H3,(H2,10,11,12,13,14,15)/t4-/m0/s1. The molecule has 15 heavy (non-hydrogen) atoms. The second-order valence-corrected chi connectivity index (χ2v) is 3.58. The summed E-state index contributed by atoms with van der Waals surface area (Å²) in [5.74, 6) is 0.0706. The molecule has 2 aromatic heterocycles. The molecule has 78 valence electrons. The summed E-state index contributed by atoms with van der Waals surface area (Å²) in [6.07, 6.45) is 2.82. The Kier molecular flexibility index (Phi) is 2.51. The molecule has 6 nitrogen and oxygen atoms in total. The summed E-state index contributed by atoms with van der Waals surface area (Å²) in [5.41, 5.74) is 1.09. The second-order valence-electron chi connectivity index (χ2n) is 2.93. The average molecular weight is 226 g/mol. The van der Waals surface area contributed by atoms with E-state index >= 15 is 0 Å². The summed E-state index contributed by atoms with van der Waals surface area (Å²) in [5, 5.41) is 1.96. The highest BCUT2D eigenvalue weighted by molar-refractivity contribution is 6.32. The number of hydrogen-bond donors (Lipinski definition) is 2. The van der Waals surface area contributed by atoms with Crippen LogP contribution in [-0.4, -0.2) is 31.2 Å². The zero-order chi connectivity index (χ0) is 10.8. The van der Waals surface area contributed by atoms with Gasteiger partial charge in [-0.05, 0) is 6.92 Å². The van der Waals surface area contributed by atoms with E-state index in [9.17, 15) is 4.79 Å². The predicted octanol–water partition coefficient (Wildman–Crippen LogP) is 0.919. The van der Waals surface area contributed by atoms with Crippen molar-refractivity contribution >= 4 is 34.5 Å². The molecule has 2 heterocycles. The van der Waals surface area contributed by atoms with E-state index in [1.807, 2.05) is 0 Å². The lowest BCUT2D eigenvalue weighted by atomic mass is 10.4. The monoisotopic (exact) mass is 225 g/mol. The minimum absolute atomic E-state index is 0.314. The van der Waals surface area contributed by atoms with E-state index in [1.54, 1.807) is 6.92 Å². The van der Waals surface area contributed by atoms with Gasteiger partial charge in [0, 0.05) is 0 Å². The number of H-pyrrole nitrogens is 1. The van der Waals surface area contributed by atoms with Crippen LogP contribution in [0.3, 0.4) is 0 Å². The summed E-state index contributed by atoms with van der Waals surface area (Å²) >= 11 is 5.62. The number of amides is 1. The number of hydrogen-bond acceptors (Lipinski definition) is 4. The van der Waals surface area contributed by atoms with Crippen molar-refractivity contribution in [3.63, 3.8) is 0 Å². The highest BCUT2D eigenvalue weighted by atomic mass is 35.5. The van der Waals surface area contributed by atoms with Crippen molar-refractivity contribution in [1.29, 1.82) is 0 Å². The molecule has 0 aliphatic carbocycles. The Morgan fingerprint density at radius 1 is 1.53 bits per heavy atom. The molecule has 0 aliphatic heterocycles. The number of imidazole rings is 1. The number of aromatic nitrogens is 4. The van der Waals surface area contributed by atoms with Gasteiger partial charge in [0.15, 0.2) is 11.5 Å². The molecule has 0 unspecified atom stereocenters. The number of rotatable bonds is 2. The maximum absolute atomic E-state index is 11.3. The Morgan fingerprint density at radius 3 is 3.07 bits per heavy atom. The lowest BCUT2D eigenvalue weighted by molar-refractivity contribution is -0.115. The normalized spacial score (nSPS) is 12.7. The molecule has 0 saturated heterocycles. The highest BCUT2D eigenvalue weighted by Gasteiger charge is 2.12. The Morgan fingerprint density at radius 2 is 2.33 bits per heavy atom. The first-order chi connectivity index (χ1) is 7.18. The van der Waals surface area contributed by atoms with Crippen molar-refractivity contribution in [2.75, 3.05) is 5.32 Å². The number of carbonyl (C=O) groups excluding carboxylic acids is 1. The van der Waals surface area contributed by atoms with Crippen molar-refractivity contribution in [3.05, 3.63) is 12.7 Å². The molecule has 0 fully saturated rings. The minimum Gasteiger partial charge on any atom is -0.340 e. The number of fused-ring (bicyclic) bond motifs is 1. The Labute approximate surface area is 90.1 Å². The highest BCUT2D eigenvalue weighted by Crippen LogP contribution is 2.14. The van der Waals surface area contributed by atoms with Crippen LogP contribution in [0.5, 0.6) is 0 Å². The van der Waals surface area contributed by atoms with Gasteiger partial charge in [0.05, 0.1) is 6.33 Å². The molecule has 0 radical (unpaired) electrons. The van der Waals surface area contributed by atoms with E-state index in [2.05, 4.69) is 25.3 Å². The fourth-order valence-electron chi connectivity index (χ4n) is 1.08. The van der Waals surface area contributed by atoms with Gasteiger partial charge in [-0.25, -0.2) is 15.0 Å². The summed E-state index contributed by atoms with van der Waals surface area (Å²) in [6, 6.07) is 0. The van der Waals surface area contributed by atoms with Gasteiger partial charge in [0.2, 0.25) is 5.91 Å².